The van der Waals surface area contributed by atoms with Gasteiger partial charge in [-0.3, -0.25) is 5.10 Å². The van der Waals surface area contributed by atoms with Gasteiger partial charge in [-0.1, -0.05) is 6.92 Å². The van der Waals surface area contributed by atoms with Crippen LogP contribution in [-0.4, -0.2) is 29.8 Å². The van der Waals surface area contributed by atoms with Crippen LogP contribution in [0.2, 0.25) is 0 Å². The van der Waals surface area contributed by atoms with Crippen LogP contribution in [0.1, 0.15) is 30.3 Å². The van der Waals surface area contributed by atoms with Crippen LogP contribution in [0.3, 0.4) is 0 Å². The fourth-order valence-corrected chi connectivity index (χ4v) is 2.09. The zero-order valence-corrected chi connectivity index (χ0v) is 9.40. The third-order valence-electron chi connectivity index (χ3n) is 2.91. The number of hydrogen-bond acceptors (Lipinski definition) is 3. The summed E-state index contributed by atoms with van der Waals surface area (Å²) in [5.41, 5.74) is 4.04. The number of aromatic amines is 1. The Labute approximate surface area is 90.8 Å². The first-order chi connectivity index (χ1) is 7.42. The molecule has 4 nitrogen and oxygen atoms in total. The van der Waals surface area contributed by atoms with E-state index in [2.05, 4.69) is 27.8 Å². The summed E-state index contributed by atoms with van der Waals surface area (Å²) < 4.78 is 0. The SMILES string of the molecule is CCNCCNCc1n[nH]c2c1CCC2. The van der Waals surface area contributed by atoms with Gasteiger partial charge >= 0.3 is 0 Å². The first-order valence-electron chi connectivity index (χ1n) is 5.88. The summed E-state index contributed by atoms with van der Waals surface area (Å²) in [5, 5.41) is 14.2. The van der Waals surface area contributed by atoms with Gasteiger partial charge in [-0.05, 0) is 31.4 Å². The van der Waals surface area contributed by atoms with Crippen molar-refractivity contribution < 1.29 is 0 Å². The van der Waals surface area contributed by atoms with Gasteiger partial charge in [-0.25, -0.2) is 0 Å². The van der Waals surface area contributed by atoms with Crippen LogP contribution < -0.4 is 10.6 Å². The molecule has 0 aromatic carbocycles. The molecule has 0 spiro atoms. The number of rotatable bonds is 6. The molecule has 1 aromatic rings. The molecule has 0 unspecified atom stereocenters. The maximum atomic E-state index is 4.35. The van der Waals surface area contributed by atoms with Crippen molar-refractivity contribution in [2.75, 3.05) is 19.6 Å². The van der Waals surface area contributed by atoms with E-state index in [0.29, 0.717) is 0 Å². The minimum Gasteiger partial charge on any atom is -0.316 e. The number of aromatic nitrogens is 2. The highest BCUT2D eigenvalue weighted by atomic mass is 15.1. The molecule has 1 aromatic heterocycles. The van der Waals surface area contributed by atoms with E-state index in [1.165, 1.54) is 36.2 Å². The van der Waals surface area contributed by atoms with Crippen molar-refractivity contribution in [3.05, 3.63) is 17.0 Å². The number of nitrogens with one attached hydrogen (secondary N) is 3. The Morgan fingerprint density at radius 3 is 3.00 bits per heavy atom. The van der Waals surface area contributed by atoms with E-state index in [9.17, 15) is 0 Å². The fourth-order valence-electron chi connectivity index (χ4n) is 2.09. The summed E-state index contributed by atoms with van der Waals surface area (Å²) in [4.78, 5) is 0. The van der Waals surface area contributed by atoms with Crippen molar-refractivity contribution in [1.82, 2.24) is 20.8 Å². The molecule has 0 aliphatic heterocycles. The zero-order chi connectivity index (χ0) is 10.5. The predicted octanol–water partition coefficient (Wildman–Crippen LogP) is 0.597. The predicted molar refractivity (Wildman–Crippen MR) is 60.9 cm³/mol. The third kappa shape index (κ3) is 2.58. The van der Waals surface area contributed by atoms with Crippen molar-refractivity contribution in [1.29, 1.82) is 0 Å². The van der Waals surface area contributed by atoms with Crippen LogP contribution in [0.15, 0.2) is 0 Å². The number of H-pyrrole nitrogens is 1. The van der Waals surface area contributed by atoms with Crippen LogP contribution in [0.4, 0.5) is 0 Å². The van der Waals surface area contributed by atoms with Gasteiger partial charge in [0, 0.05) is 25.3 Å². The molecule has 15 heavy (non-hydrogen) atoms. The Morgan fingerprint density at radius 1 is 1.27 bits per heavy atom. The highest BCUT2D eigenvalue weighted by Gasteiger charge is 2.17. The van der Waals surface area contributed by atoms with Crippen LogP contribution >= 0.6 is 0 Å². The van der Waals surface area contributed by atoms with Crippen LogP contribution in [0, 0.1) is 0 Å². The van der Waals surface area contributed by atoms with E-state index in [-0.39, 0.29) is 0 Å². The summed E-state index contributed by atoms with van der Waals surface area (Å²) in [7, 11) is 0. The molecule has 1 aliphatic carbocycles. The minimum absolute atomic E-state index is 0.900. The Kier molecular flexibility index (Phi) is 3.75. The maximum absolute atomic E-state index is 4.35. The summed E-state index contributed by atoms with van der Waals surface area (Å²) in [6.07, 6.45) is 3.67. The minimum atomic E-state index is 0.900. The van der Waals surface area contributed by atoms with Gasteiger partial charge in [0.15, 0.2) is 0 Å². The molecule has 3 N–H and O–H groups in total. The topological polar surface area (TPSA) is 52.7 Å². The van der Waals surface area contributed by atoms with Gasteiger partial charge in [0.25, 0.3) is 0 Å². The Bertz CT molecular complexity index is 306. The molecule has 0 radical (unpaired) electrons. The van der Waals surface area contributed by atoms with Crippen molar-refractivity contribution in [2.24, 2.45) is 0 Å². The van der Waals surface area contributed by atoms with E-state index in [1.54, 1.807) is 0 Å². The molecule has 84 valence electrons. The van der Waals surface area contributed by atoms with Gasteiger partial charge in [0.2, 0.25) is 0 Å². The molecular formula is C11H20N4. The molecule has 4 heteroatoms. The standard InChI is InChI=1S/C11H20N4/c1-2-12-6-7-13-8-11-9-4-3-5-10(9)14-15-11/h12-13H,2-8H2,1H3,(H,14,15). The first-order valence-corrected chi connectivity index (χ1v) is 5.88. The number of likely N-dealkylation sites (N-methyl/N-ethyl adjacent to an activating group) is 1. The summed E-state index contributed by atoms with van der Waals surface area (Å²) in [6, 6.07) is 0. The van der Waals surface area contributed by atoms with Gasteiger partial charge in [0.05, 0.1) is 5.69 Å². The van der Waals surface area contributed by atoms with Crippen molar-refractivity contribution in [3.63, 3.8) is 0 Å². The lowest BCUT2D eigenvalue weighted by Crippen LogP contribution is -2.27. The molecule has 0 saturated heterocycles. The molecule has 2 rings (SSSR count). The van der Waals surface area contributed by atoms with Crippen LogP contribution in [0.25, 0.3) is 0 Å². The Hall–Kier alpha value is -0.870. The monoisotopic (exact) mass is 208 g/mol. The van der Waals surface area contributed by atoms with Crippen molar-refractivity contribution >= 4 is 0 Å². The van der Waals surface area contributed by atoms with Gasteiger partial charge in [0.1, 0.15) is 0 Å². The summed E-state index contributed by atoms with van der Waals surface area (Å²) in [5.74, 6) is 0. The van der Waals surface area contributed by atoms with E-state index >= 15 is 0 Å². The second kappa shape index (κ2) is 5.28. The average Bonchev–Trinajstić information content (AvgIpc) is 2.81. The molecule has 0 fully saturated rings. The highest BCUT2D eigenvalue weighted by Crippen LogP contribution is 2.22. The van der Waals surface area contributed by atoms with Crippen LogP contribution in [-0.2, 0) is 19.4 Å². The largest absolute Gasteiger partial charge is 0.316 e. The molecule has 1 aliphatic rings. The lowest BCUT2D eigenvalue weighted by Gasteiger charge is -2.04. The van der Waals surface area contributed by atoms with Gasteiger partial charge < -0.3 is 10.6 Å². The average molecular weight is 208 g/mol. The first kappa shape index (κ1) is 10.6. The van der Waals surface area contributed by atoms with Gasteiger partial charge in [-0.15, -0.1) is 0 Å². The number of aryl methyl sites for hydroxylation is 1. The van der Waals surface area contributed by atoms with Gasteiger partial charge in [-0.2, -0.15) is 5.10 Å². The third-order valence-corrected chi connectivity index (χ3v) is 2.91. The molecule has 0 saturated carbocycles. The quantitative estimate of drug-likeness (QED) is 0.600. The second-order valence-corrected chi connectivity index (χ2v) is 4.01. The van der Waals surface area contributed by atoms with E-state index in [0.717, 1.165) is 26.2 Å². The molecular weight excluding hydrogens is 188 g/mol. The smallest absolute Gasteiger partial charge is 0.0794 e. The van der Waals surface area contributed by atoms with Crippen molar-refractivity contribution in [2.45, 2.75) is 32.7 Å². The lowest BCUT2D eigenvalue weighted by atomic mass is 10.2. The highest BCUT2D eigenvalue weighted by molar-refractivity contribution is 5.29. The fraction of sp³-hybridized carbons (Fsp3) is 0.727. The van der Waals surface area contributed by atoms with Crippen LogP contribution in [0.5, 0.6) is 0 Å². The summed E-state index contributed by atoms with van der Waals surface area (Å²) in [6.45, 7) is 6.11. The number of nitrogens with zero attached hydrogens (tertiary/aromatic N) is 1. The Balaban J connectivity index is 1.74. The summed E-state index contributed by atoms with van der Waals surface area (Å²) >= 11 is 0. The van der Waals surface area contributed by atoms with E-state index in [4.69, 9.17) is 0 Å². The normalized spacial score (nSPS) is 14.5. The maximum Gasteiger partial charge on any atom is 0.0794 e. The molecule has 0 bridgehead atoms. The van der Waals surface area contributed by atoms with E-state index in [1.807, 2.05) is 0 Å². The molecule has 0 amide bonds. The lowest BCUT2D eigenvalue weighted by molar-refractivity contribution is 0.615. The molecule has 1 heterocycles. The molecule has 0 atom stereocenters. The Morgan fingerprint density at radius 2 is 2.13 bits per heavy atom. The number of hydrogen-bond donors (Lipinski definition) is 3. The second-order valence-electron chi connectivity index (χ2n) is 4.01. The van der Waals surface area contributed by atoms with E-state index < -0.39 is 0 Å². The zero-order valence-electron chi connectivity index (χ0n) is 9.40. The van der Waals surface area contributed by atoms with Crippen molar-refractivity contribution in [3.8, 4) is 0 Å². The number of fused-ring (bicyclic) bond motifs is 1.